The first-order valence-electron chi connectivity index (χ1n) is 11.3. The second kappa shape index (κ2) is 6.66. The monoisotopic (exact) mass is 410 g/mol. The Hall–Kier alpha value is -1.17. The first-order chi connectivity index (χ1) is 13.5. The van der Waals surface area contributed by atoms with Crippen LogP contribution in [0.1, 0.15) is 85.5 Å². The van der Waals surface area contributed by atoms with Gasteiger partial charge in [-0.1, -0.05) is 13.3 Å². The summed E-state index contributed by atoms with van der Waals surface area (Å²) in [6, 6.07) is 0. The molecule has 5 nitrogen and oxygen atoms in total. The first-order valence-corrected chi connectivity index (χ1v) is 11.3. The van der Waals surface area contributed by atoms with Crippen molar-refractivity contribution in [1.82, 2.24) is 0 Å². The number of carbonyl (C=O) groups is 2. The van der Waals surface area contributed by atoms with Crippen LogP contribution in [0.4, 0.5) is 4.39 Å². The average molecular weight is 411 g/mol. The molecule has 0 amide bonds. The van der Waals surface area contributed by atoms with E-state index in [1.54, 1.807) is 6.92 Å². The van der Waals surface area contributed by atoms with Gasteiger partial charge in [0.25, 0.3) is 5.79 Å². The standard InChI is InChI=1S/C23H35FO5/c1-14(25)28-23(29-15(2)26)11-6-10-22(24)19(27)13-16-17-7-5-9-20(17,3)12-8-18(16)21(22,23)4/h16-19,27H,5-13H2,1-4H3/t16-,17-,18-,19+,20-,21+,22-/m0/s1. The fraction of sp³-hybridized carbons (Fsp3) is 0.913. The molecule has 0 saturated heterocycles. The van der Waals surface area contributed by atoms with Crippen molar-refractivity contribution < 1.29 is 28.6 Å². The van der Waals surface area contributed by atoms with Gasteiger partial charge in [0.15, 0.2) is 0 Å². The molecule has 0 aromatic heterocycles. The molecule has 1 N–H and O–H groups in total. The number of fused-ring (bicyclic) bond motifs is 5. The average Bonchev–Trinajstić information content (AvgIpc) is 3.00. The van der Waals surface area contributed by atoms with Gasteiger partial charge in [0.05, 0.1) is 11.5 Å². The number of alkyl halides is 1. The largest absolute Gasteiger partial charge is 0.422 e. The van der Waals surface area contributed by atoms with Gasteiger partial charge < -0.3 is 14.6 Å². The van der Waals surface area contributed by atoms with E-state index in [0.717, 1.165) is 25.7 Å². The normalized spacial score (nSPS) is 48.1. The van der Waals surface area contributed by atoms with Crippen LogP contribution in [0.15, 0.2) is 0 Å². The Labute approximate surface area is 172 Å². The number of aliphatic hydroxyl groups is 1. The molecule has 4 aliphatic rings. The Kier molecular flexibility index (Phi) is 4.84. The van der Waals surface area contributed by atoms with Crippen molar-refractivity contribution in [3.63, 3.8) is 0 Å². The summed E-state index contributed by atoms with van der Waals surface area (Å²) in [5.41, 5.74) is -3.00. The van der Waals surface area contributed by atoms with E-state index in [9.17, 15) is 14.7 Å². The van der Waals surface area contributed by atoms with E-state index in [4.69, 9.17) is 9.47 Å². The van der Waals surface area contributed by atoms with Gasteiger partial charge in [-0.2, -0.15) is 0 Å². The number of rotatable bonds is 2. The fourth-order valence-corrected chi connectivity index (χ4v) is 8.09. The minimum absolute atomic E-state index is 0.105. The van der Waals surface area contributed by atoms with Crippen LogP contribution in [0.25, 0.3) is 0 Å². The van der Waals surface area contributed by atoms with Crippen LogP contribution in [-0.4, -0.2) is 34.6 Å². The summed E-state index contributed by atoms with van der Waals surface area (Å²) in [4.78, 5) is 24.2. The summed E-state index contributed by atoms with van der Waals surface area (Å²) in [7, 11) is 0. The van der Waals surface area contributed by atoms with Crippen molar-refractivity contribution in [3.05, 3.63) is 0 Å². The Morgan fingerprint density at radius 2 is 1.59 bits per heavy atom. The molecule has 6 heteroatoms. The SMILES string of the molecule is CC(=O)OC1(OC(C)=O)CCC[C@]2(F)[C@H](O)C[C@H]3[C@@H]4CCC[C@@]4(C)CC[C@@H]3[C@@]12C. The molecule has 0 unspecified atom stereocenters. The van der Waals surface area contributed by atoms with Crippen LogP contribution in [0.3, 0.4) is 0 Å². The molecular weight excluding hydrogens is 375 g/mol. The third kappa shape index (κ3) is 2.73. The molecule has 4 fully saturated rings. The van der Waals surface area contributed by atoms with Crippen LogP contribution >= 0.6 is 0 Å². The quantitative estimate of drug-likeness (QED) is 0.543. The smallest absolute Gasteiger partial charge is 0.305 e. The van der Waals surface area contributed by atoms with Crippen LogP contribution in [0, 0.1) is 28.6 Å². The van der Waals surface area contributed by atoms with E-state index < -0.39 is 34.9 Å². The Balaban J connectivity index is 1.86. The van der Waals surface area contributed by atoms with Gasteiger partial charge in [-0.25, -0.2) is 4.39 Å². The molecule has 29 heavy (non-hydrogen) atoms. The second-order valence-electron chi connectivity index (χ2n) is 10.6. The zero-order valence-corrected chi connectivity index (χ0v) is 18.1. The number of aliphatic hydroxyl groups excluding tert-OH is 1. The highest BCUT2D eigenvalue weighted by Crippen LogP contribution is 2.71. The van der Waals surface area contributed by atoms with Gasteiger partial charge in [-0.15, -0.1) is 0 Å². The molecule has 0 radical (unpaired) electrons. The molecule has 0 aromatic carbocycles. The van der Waals surface area contributed by atoms with E-state index in [2.05, 4.69) is 6.92 Å². The van der Waals surface area contributed by atoms with Gasteiger partial charge >= 0.3 is 11.9 Å². The van der Waals surface area contributed by atoms with E-state index >= 15 is 4.39 Å². The highest BCUT2D eigenvalue weighted by molar-refractivity contribution is 5.69. The molecule has 0 aromatic rings. The molecule has 4 rings (SSSR count). The number of hydrogen-bond donors (Lipinski definition) is 1. The summed E-state index contributed by atoms with van der Waals surface area (Å²) >= 11 is 0. The lowest BCUT2D eigenvalue weighted by atomic mass is 9.42. The molecule has 4 aliphatic carbocycles. The van der Waals surface area contributed by atoms with Crippen LogP contribution in [0.5, 0.6) is 0 Å². The van der Waals surface area contributed by atoms with Gasteiger partial charge in [-0.3, -0.25) is 9.59 Å². The lowest BCUT2D eigenvalue weighted by molar-refractivity contribution is -0.358. The minimum Gasteiger partial charge on any atom is -0.422 e. The van der Waals surface area contributed by atoms with Crippen molar-refractivity contribution in [1.29, 1.82) is 0 Å². The maximum atomic E-state index is 16.8. The number of halogens is 1. The number of hydrogen-bond acceptors (Lipinski definition) is 5. The van der Waals surface area contributed by atoms with Crippen LogP contribution in [-0.2, 0) is 19.1 Å². The van der Waals surface area contributed by atoms with E-state index in [0.29, 0.717) is 18.8 Å². The Bertz CT molecular complexity index is 693. The topological polar surface area (TPSA) is 72.8 Å². The summed E-state index contributed by atoms with van der Waals surface area (Å²) in [6.45, 7) is 6.65. The molecule has 164 valence electrons. The van der Waals surface area contributed by atoms with E-state index in [1.165, 1.54) is 20.3 Å². The molecule has 7 atom stereocenters. The van der Waals surface area contributed by atoms with Crippen molar-refractivity contribution in [2.75, 3.05) is 0 Å². The summed E-state index contributed by atoms with van der Waals surface area (Å²) < 4.78 is 28.2. The lowest BCUT2D eigenvalue weighted by Crippen LogP contribution is -2.75. The van der Waals surface area contributed by atoms with Gasteiger partial charge in [0, 0.05) is 20.3 Å². The Morgan fingerprint density at radius 3 is 2.21 bits per heavy atom. The van der Waals surface area contributed by atoms with Crippen LogP contribution in [0.2, 0.25) is 0 Å². The third-order valence-electron chi connectivity index (χ3n) is 9.30. The summed E-state index contributed by atoms with van der Waals surface area (Å²) in [5.74, 6) is -2.39. The maximum absolute atomic E-state index is 16.8. The summed E-state index contributed by atoms with van der Waals surface area (Å²) in [6.07, 6.45) is 5.37. The van der Waals surface area contributed by atoms with Crippen LogP contribution < -0.4 is 0 Å². The van der Waals surface area contributed by atoms with Crippen molar-refractivity contribution >= 4 is 11.9 Å². The molecular formula is C23H35FO5. The molecule has 0 heterocycles. The molecule has 0 bridgehead atoms. The predicted molar refractivity (Wildman–Crippen MR) is 104 cm³/mol. The maximum Gasteiger partial charge on any atom is 0.305 e. The number of esters is 2. The molecule has 0 spiro atoms. The van der Waals surface area contributed by atoms with Gasteiger partial charge in [-0.05, 0) is 75.0 Å². The Morgan fingerprint density at radius 1 is 0.931 bits per heavy atom. The first kappa shape index (κ1) is 21.1. The van der Waals surface area contributed by atoms with E-state index in [1.807, 2.05) is 0 Å². The number of ether oxygens (including phenoxy) is 2. The zero-order valence-electron chi connectivity index (χ0n) is 18.1. The fourth-order valence-electron chi connectivity index (χ4n) is 8.09. The lowest BCUT2D eigenvalue weighted by Gasteiger charge is -2.67. The van der Waals surface area contributed by atoms with Crippen molar-refractivity contribution in [2.24, 2.45) is 28.6 Å². The number of carbonyl (C=O) groups excluding carboxylic acids is 2. The van der Waals surface area contributed by atoms with Crippen molar-refractivity contribution in [3.8, 4) is 0 Å². The second-order valence-corrected chi connectivity index (χ2v) is 10.6. The molecule has 4 saturated carbocycles. The minimum atomic E-state index is -1.95. The summed E-state index contributed by atoms with van der Waals surface area (Å²) in [5, 5.41) is 11.1. The zero-order chi connectivity index (χ0) is 21.2. The highest BCUT2D eigenvalue weighted by Gasteiger charge is 2.76. The molecule has 0 aliphatic heterocycles. The van der Waals surface area contributed by atoms with E-state index in [-0.39, 0.29) is 30.1 Å². The van der Waals surface area contributed by atoms with Crippen molar-refractivity contribution in [2.45, 2.75) is 103 Å². The highest BCUT2D eigenvalue weighted by atomic mass is 19.1. The van der Waals surface area contributed by atoms with Gasteiger partial charge in [0.2, 0.25) is 0 Å². The third-order valence-corrected chi connectivity index (χ3v) is 9.30. The predicted octanol–water partition coefficient (Wildman–Crippen LogP) is 4.30. The van der Waals surface area contributed by atoms with Gasteiger partial charge in [0.1, 0.15) is 5.67 Å².